The summed E-state index contributed by atoms with van der Waals surface area (Å²) in [4.78, 5) is 52.1. The van der Waals surface area contributed by atoms with Gasteiger partial charge in [0.25, 0.3) is 0 Å². The van der Waals surface area contributed by atoms with Crippen LogP contribution in [0.3, 0.4) is 0 Å². The van der Waals surface area contributed by atoms with Crippen LogP contribution >= 0.6 is 0 Å². The minimum absolute atomic E-state index is 0.0528. The van der Waals surface area contributed by atoms with Crippen molar-refractivity contribution in [2.75, 3.05) is 27.2 Å². The largest absolute Gasteiger partial charge is 0.468 e. The third kappa shape index (κ3) is 9.20. The maximum atomic E-state index is 12.9. The van der Waals surface area contributed by atoms with Gasteiger partial charge in [0.05, 0.1) is 13.7 Å². The Bertz CT molecular complexity index is 856. The summed E-state index contributed by atoms with van der Waals surface area (Å²) in [5.74, 6) is -0.281. The maximum Gasteiger partial charge on any atom is 0.410 e. The summed E-state index contributed by atoms with van der Waals surface area (Å²) in [5, 5.41) is 2.50. The summed E-state index contributed by atoms with van der Waals surface area (Å²) in [6.45, 7) is 5.43. The summed E-state index contributed by atoms with van der Waals surface area (Å²) in [5.41, 5.74) is 0.103. The smallest absolute Gasteiger partial charge is 0.410 e. The van der Waals surface area contributed by atoms with Crippen LogP contribution in [0.25, 0.3) is 0 Å². The molecule has 0 aliphatic carbocycles. The number of ether oxygens (including phenoxy) is 3. The first-order valence-electron chi connectivity index (χ1n) is 11.7. The van der Waals surface area contributed by atoms with Crippen LogP contribution in [0.1, 0.15) is 45.6 Å². The molecule has 1 fully saturated rings. The molecular formula is C25H37N3O7. The Morgan fingerprint density at radius 2 is 1.89 bits per heavy atom. The standard InChI is InChI=1S/C25H37N3O7/c1-25(2,3)35-23(31)26-19(16-29)15-28(24(32)34-17-18-9-7-6-8-10-18)14-13-20-11-12-21(27(20)4)22(30)33-5/h6-10,16,19-21H,11-15,17H2,1-5H3,(H,26,31)/t19?,20-,21?/m1/s1. The Labute approximate surface area is 206 Å². The molecule has 2 unspecified atom stereocenters. The number of amides is 2. The van der Waals surface area contributed by atoms with E-state index in [1.807, 2.05) is 42.3 Å². The maximum absolute atomic E-state index is 12.9. The molecule has 10 heteroatoms. The van der Waals surface area contributed by atoms with Crippen molar-refractivity contribution in [2.24, 2.45) is 0 Å². The van der Waals surface area contributed by atoms with E-state index in [1.165, 1.54) is 12.0 Å². The molecule has 1 aromatic rings. The lowest BCUT2D eigenvalue weighted by Crippen LogP contribution is -2.49. The van der Waals surface area contributed by atoms with Crippen LogP contribution in [-0.2, 0) is 30.4 Å². The lowest BCUT2D eigenvalue weighted by molar-refractivity contribution is -0.145. The van der Waals surface area contributed by atoms with Crippen molar-refractivity contribution in [3.05, 3.63) is 35.9 Å². The molecule has 1 N–H and O–H groups in total. The molecule has 0 aromatic heterocycles. The third-order valence-electron chi connectivity index (χ3n) is 5.79. The first-order chi connectivity index (χ1) is 16.5. The number of carbonyl (C=O) groups is 4. The second-order valence-electron chi connectivity index (χ2n) is 9.60. The summed E-state index contributed by atoms with van der Waals surface area (Å²) in [6.07, 6.45) is 1.22. The van der Waals surface area contributed by atoms with Crippen LogP contribution in [0.2, 0.25) is 0 Å². The highest BCUT2D eigenvalue weighted by atomic mass is 16.6. The van der Waals surface area contributed by atoms with E-state index in [-0.39, 0.29) is 37.7 Å². The number of aldehydes is 1. The number of nitrogens with one attached hydrogen (secondary N) is 1. The van der Waals surface area contributed by atoms with E-state index in [9.17, 15) is 19.2 Å². The SMILES string of the molecule is COC(=O)C1CC[C@H](CCN(CC(C=O)NC(=O)OC(C)(C)C)C(=O)OCc2ccccc2)N1C. The summed E-state index contributed by atoms with van der Waals surface area (Å²) < 4.78 is 15.6. The zero-order valence-electron chi connectivity index (χ0n) is 21.2. The van der Waals surface area contributed by atoms with Crippen LogP contribution in [0.15, 0.2) is 30.3 Å². The molecule has 1 aromatic carbocycles. The zero-order chi connectivity index (χ0) is 26.0. The summed E-state index contributed by atoms with van der Waals surface area (Å²) >= 11 is 0. The van der Waals surface area contributed by atoms with Crippen LogP contribution in [0.5, 0.6) is 0 Å². The topological polar surface area (TPSA) is 114 Å². The summed E-state index contributed by atoms with van der Waals surface area (Å²) in [7, 11) is 3.22. The van der Waals surface area contributed by atoms with E-state index in [0.717, 1.165) is 12.0 Å². The number of methoxy groups -OCH3 is 1. The van der Waals surface area contributed by atoms with Crippen LogP contribution in [-0.4, -0.2) is 85.2 Å². The van der Waals surface area contributed by atoms with Gasteiger partial charge in [0.1, 0.15) is 30.6 Å². The molecule has 0 radical (unpaired) electrons. The van der Waals surface area contributed by atoms with E-state index in [1.54, 1.807) is 20.8 Å². The van der Waals surface area contributed by atoms with E-state index in [0.29, 0.717) is 19.1 Å². The minimum Gasteiger partial charge on any atom is -0.468 e. The molecule has 0 saturated carbocycles. The molecule has 1 aliphatic rings. The van der Waals surface area contributed by atoms with Crippen molar-refractivity contribution >= 4 is 24.4 Å². The van der Waals surface area contributed by atoms with E-state index in [4.69, 9.17) is 14.2 Å². The van der Waals surface area contributed by atoms with Gasteiger partial charge in [0, 0.05) is 12.6 Å². The van der Waals surface area contributed by atoms with Crippen molar-refractivity contribution < 1.29 is 33.4 Å². The minimum atomic E-state index is -0.974. The van der Waals surface area contributed by atoms with Crippen molar-refractivity contribution in [1.82, 2.24) is 15.1 Å². The fourth-order valence-electron chi connectivity index (χ4n) is 3.97. The van der Waals surface area contributed by atoms with Crippen molar-refractivity contribution in [1.29, 1.82) is 0 Å². The van der Waals surface area contributed by atoms with Gasteiger partial charge in [-0.1, -0.05) is 30.3 Å². The Kier molecular flexibility index (Phi) is 10.5. The predicted molar refractivity (Wildman–Crippen MR) is 129 cm³/mol. The van der Waals surface area contributed by atoms with Crippen LogP contribution in [0, 0.1) is 0 Å². The van der Waals surface area contributed by atoms with Crippen molar-refractivity contribution in [3.63, 3.8) is 0 Å². The van der Waals surface area contributed by atoms with Gasteiger partial charge in [0.15, 0.2) is 0 Å². The molecule has 35 heavy (non-hydrogen) atoms. The van der Waals surface area contributed by atoms with Crippen LogP contribution < -0.4 is 5.32 Å². The predicted octanol–water partition coefficient (Wildman–Crippen LogP) is 2.74. The van der Waals surface area contributed by atoms with Crippen molar-refractivity contribution in [2.45, 2.75) is 70.4 Å². The number of carbonyl (C=O) groups excluding carboxylic acids is 4. The molecule has 3 atom stereocenters. The molecule has 2 rings (SSSR count). The van der Waals surface area contributed by atoms with Gasteiger partial charge in [-0.05, 0) is 52.6 Å². The first-order valence-corrected chi connectivity index (χ1v) is 11.7. The highest BCUT2D eigenvalue weighted by Gasteiger charge is 2.36. The van der Waals surface area contributed by atoms with Gasteiger partial charge in [-0.2, -0.15) is 0 Å². The quantitative estimate of drug-likeness (QED) is 0.302. The number of likely N-dealkylation sites (N-methyl/N-ethyl adjacent to an activating group) is 1. The molecule has 10 nitrogen and oxygen atoms in total. The Morgan fingerprint density at radius 3 is 2.49 bits per heavy atom. The number of benzene rings is 1. The number of alkyl carbamates (subject to hydrolysis) is 1. The normalized spacial score (nSPS) is 18.9. The van der Waals surface area contributed by atoms with E-state index >= 15 is 0 Å². The fraction of sp³-hybridized carbons (Fsp3) is 0.600. The van der Waals surface area contributed by atoms with E-state index < -0.39 is 23.8 Å². The highest BCUT2D eigenvalue weighted by molar-refractivity contribution is 5.76. The molecule has 1 aliphatic heterocycles. The number of likely N-dealkylation sites (tertiary alicyclic amines) is 1. The van der Waals surface area contributed by atoms with Crippen molar-refractivity contribution in [3.8, 4) is 0 Å². The van der Waals surface area contributed by atoms with Gasteiger partial charge < -0.3 is 29.2 Å². The van der Waals surface area contributed by atoms with Gasteiger partial charge in [-0.3, -0.25) is 9.69 Å². The number of hydrogen-bond donors (Lipinski definition) is 1. The molecule has 0 spiro atoms. The monoisotopic (exact) mass is 491 g/mol. The second-order valence-corrected chi connectivity index (χ2v) is 9.60. The van der Waals surface area contributed by atoms with Gasteiger partial charge in [-0.15, -0.1) is 0 Å². The average molecular weight is 492 g/mol. The van der Waals surface area contributed by atoms with Gasteiger partial charge >= 0.3 is 18.2 Å². The van der Waals surface area contributed by atoms with Gasteiger partial charge in [0.2, 0.25) is 0 Å². The number of esters is 1. The van der Waals surface area contributed by atoms with Gasteiger partial charge in [-0.25, -0.2) is 9.59 Å². The lowest BCUT2D eigenvalue weighted by atomic mass is 10.1. The first kappa shape index (κ1) is 28.1. The van der Waals surface area contributed by atoms with E-state index in [2.05, 4.69) is 5.32 Å². The Hall–Kier alpha value is -3.14. The number of rotatable bonds is 10. The fourth-order valence-corrected chi connectivity index (χ4v) is 3.97. The molecular weight excluding hydrogens is 454 g/mol. The average Bonchev–Trinajstić information content (AvgIpc) is 3.18. The summed E-state index contributed by atoms with van der Waals surface area (Å²) in [6, 6.07) is 8.01. The lowest BCUT2D eigenvalue weighted by Gasteiger charge is -2.29. The molecule has 2 amide bonds. The molecule has 1 saturated heterocycles. The second kappa shape index (κ2) is 13.1. The van der Waals surface area contributed by atoms with Crippen LogP contribution in [0.4, 0.5) is 9.59 Å². The number of hydrogen-bond acceptors (Lipinski definition) is 8. The zero-order valence-corrected chi connectivity index (χ0v) is 21.2. The highest BCUT2D eigenvalue weighted by Crippen LogP contribution is 2.25. The molecule has 0 bridgehead atoms. The molecule has 194 valence electrons. The third-order valence-corrected chi connectivity index (χ3v) is 5.79. The molecule has 1 heterocycles. The Balaban J connectivity index is 2.04. The Morgan fingerprint density at radius 1 is 1.20 bits per heavy atom. The number of nitrogens with zero attached hydrogens (tertiary/aromatic N) is 2.